The van der Waals surface area contributed by atoms with E-state index in [1.807, 2.05) is 13.8 Å². The van der Waals surface area contributed by atoms with Crippen LogP contribution in [0.3, 0.4) is 0 Å². The molecule has 6 heteroatoms. The predicted molar refractivity (Wildman–Crippen MR) is 66.5 cm³/mol. The van der Waals surface area contributed by atoms with E-state index in [0.29, 0.717) is 13.0 Å². The Labute approximate surface area is 102 Å². The monoisotopic (exact) mass is 268 g/mol. The topological polar surface area (TPSA) is 63.6 Å². The van der Waals surface area contributed by atoms with Crippen LogP contribution in [-0.2, 0) is 14.9 Å². The minimum atomic E-state index is -3.92. The van der Waals surface area contributed by atoms with E-state index in [1.54, 1.807) is 18.7 Å². The summed E-state index contributed by atoms with van der Waals surface area (Å²) in [6.45, 7) is 6.49. The van der Waals surface area contributed by atoms with E-state index in [9.17, 15) is 8.42 Å². The third-order valence-electron chi connectivity index (χ3n) is 2.76. The van der Waals surface area contributed by atoms with Crippen LogP contribution in [0.25, 0.3) is 0 Å². The second-order valence-electron chi connectivity index (χ2n) is 4.10. The third-order valence-corrected chi connectivity index (χ3v) is 5.94. The number of ether oxygens (including phenoxy) is 1. The quantitative estimate of drug-likeness (QED) is 0.565. The van der Waals surface area contributed by atoms with E-state index in [-0.39, 0.29) is 16.6 Å². The second kappa shape index (κ2) is 5.71. The van der Waals surface area contributed by atoms with Crippen molar-refractivity contribution in [3.63, 3.8) is 0 Å². The van der Waals surface area contributed by atoms with Crippen LogP contribution in [-0.4, -0.2) is 41.4 Å². The van der Waals surface area contributed by atoms with E-state index >= 15 is 0 Å². The maximum atomic E-state index is 11.1. The van der Waals surface area contributed by atoms with Crippen LogP contribution in [0.2, 0.25) is 0 Å². The van der Waals surface area contributed by atoms with Crippen molar-refractivity contribution in [1.29, 1.82) is 0 Å². The number of rotatable bonds is 7. The Balaban J connectivity index is 2.48. The van der Waals surface area contributed by atoms with Crippen molar-refractivity contribution in [2.45, 2.75) is 55.5 Å². The van der Waals surface area contributed by atoms with Gasteiger partial charge >= 0.3 is 0 Å². The molecule has 0 radical (unpaired) electrons. The van der Waals surface area contributed by atoms with Gasteiger partial charge in [-0.1, -0.05) is 13.8 Å². The first kappa shape index (κ1) is 14.3. The minimum absolute atomic E-state index is 0.00754. The summed E-state index contributed by atoms with van der Waals surface area (Å²) in [7, 11) is -3.92. The molecule has 1 aliphatic rings. The molecule has 16 heavy (non-hydrogen) atoms. The summed E-state index contributed by atoms with van der Waals surface area (Å²) >= 11 is 1.59. The predicted octanol–water partition coefficient (Wildman–Crippen LogP) is 1.95. The van der Waals surface area contributed by atoms with Crippen LogP contribution >= 0.6 is 11.8 Å². The molecule has 1 saturated heterocycles. The Morgan fingerprint density at radius 2 is 2.00 bits per heavy atom. The largest absolute Gasteiger partial charge is 0.377 e. The van der Waals surface area contributed by atoms with E-state index in [1.165, 1.54) is 0 Å². The summed E-state index contributed by atoms with van der Waals surface area (Å²) < 4.78 is 36.9. The summed E-state index contributed by atoms with van der Waals surface area (Å²) in [6, 6.07) is 0. The zero-order valence-electron chi connectivity index (χ0n) is 9.92. The van der Waals surface area contributed by atoms with Gasteiger partial charge in [0.15, 0.2) is 0 Å². The molecule has 1 heterocycles. The molecule has 1 N–H and O–H groups in total. The van der Waals surface area contributed by atoms with Crippen LogP contribution in [0.4, 0.5) is 0 Å². The molecule has 96 valence electrons. The van der Waals surface area contributed by atoms with Crippen molar-refractivity contribution in [3.8, 4) is 0 Å². The Kier molecular flexibility index (Phi) is 5.10. The fourth-order valence-corrected chi connectivity index (χ4v) is 4.82. The molecular formula is C10H20O4S2. The van der Waals surface area contributed by atoms with Crippen molar-refractivity contribution in [2.75, 3.05) is 6.61 Å². The number of hydrogen-bond donors (Lipinski definition) is 1. The molecule has 0 aromatic carbocycles. The van der Waals surface area contributed by atoms with E-state index in [2.05, 4.69) is 0 Å². The Hall–Kier alpha value is 0.220. The third kappa shape index (κ3) is 3.61. The molecular weight excluding hydrogens is 248 g/mol. The average Bonchev–Trinajstić information content (AvgIpc) is 2.93. The lowest BCUT2D eigenvalue weighted by molar-refractivity contribution is 0.0698. The molecule has 0 aliphatic carbocycles. The standard InChI is InChI=1S/C10H20O4S2/c1-4-6-14-7(3)9-10(15-9)8(5-2)16(11,12)13/h7-10H,4-6H2,1-3H3,(H,11,12,13). The maximum absolute atomic E-state index is 11.1. The molecule has 0 aromatic heterocycles. The highest BCUT2D eigenvalue weighted by Crippen LogP contribution is 2.49. The Morgan fingerprint density at radius 1 is 1.38 bits per heavy atom. The zero-order chi connectivity index (χ0) is 12.3. The van der Waals surface area contributed by atoms with Crippen molar-refractivity contribution in [1.82, 2.24) is 0 Å². The molecule has 0 saturated carbocycles. The number of thioether (sulfide) groups is 1. The van der Waals surface area contributed by atoms with Gasteiger partial charge in [-0.25, -0.2) is 0 Å². The molecule has 0 aromatic rings. The maximum Gasteiger partial charge on any atom is 0.268 e. The summed E-state index contributed by atoms with van der Waals surface area (Å²) in [6.07, 6.45) is 1.47. The van der Waals surface area contributed by atoms with Crippen molar-refractivity contribution < 1.29 is 17.7 Å². The SMILES string of the molecule is CCCOC(C)C1SC1C(CC)S(=O)(=O)O. The summed E-state index contributed by atoms with van der Waals surface area (Å²) in [5.74, 6) is 0. The van der Waals surface area contributed by atoms with Crippen LogP contribution < -0.4 is 0 Å². The van der Waals surface area contributed by atoms with Crippen molar-refractivity contribution >= 4 is 21.9 Å². The van der Waals surface area contributed by atoms with Crippen LogP contribution in [0.5, 0.6) is 0 Å². The van der Waals surface area contributed by atoms with Gasteiger partial charge in [-0.3, -0.25) is 4.55 Å². The van der Waals surface area contributed by atoms with Gasteiger partial charge in [-0.15, -0.1) is 11.8 Å². The van der Waals surface area contributed by atoms with Crippen LogP contribution in [0.15, 0.2) is 0 Å². The van der Waals surface area contributed by atoms with E-state index in [0.717, 1.165) is 6.42 Å². The highest BCUT2D eigenvalue weighted by Gasteiger charge is 2.51. The Morgan fingerprint density at radius 3 is 2.44 bits per heavy atom. The highest BCUT2D eigenvalue weighted by atomic mass is 32.2. The molecule has 4 nitrogen and oxygen atoms in total. The zero-order valence-corrected chi connectivity index (χ0v) is 11.6. The summed E-state index contributed by atoms with van der Waals surface area (Å²) in [5.41, 5.74) is 0. The van der Waals surface area contributed by atoms with Crippen LogP contribution in [0.1, 0.15) is 33.6 Å². The lowest BCUT2D eigenvalue weighted by atomic mass is 10.1. The fraction of sp³-hybridized carbons (Fsp3) is 1.00. The van der Waals surface area contributed by atoms with Gasteiger partial charge in [0.1, 0.15) is 0 Å². The van der Waals surface area contributed by atoms with Gasteiger partial charge in [0.2, 0.25) is 0 Å². The average molecular weight is 268 g/mol. The molecule has 0 bridgehead atoms. The molecule has 0 spiro atoms. The van der Waals surface area contributed by atoms with Gasteiger partial charge < -0.3 is 4.74 Å². The van der Waals surface area contributed by atoms with Crippen molar-refractivity contribution in [2.24, 2.45) is 0 Å². The molecule has 4 unspecified atom stereocenters. The van der Waals surface area contributed by atoms with Crippen LogP contribution in [0, 0.1) is 0 Å². The first-order valence-corrected chi connectivity index (χ1v) is 8.09. The van der Waals surface area contributed by atoms with Gasteiger partial charge in [0.05, 0.1) is 11.4 Å². The lowest BCUT2D eigenvalue weighted by Gasteiger charge is -2.13. The normalized spacial score (nSPS) is 28.8. The molecule has 4 atom stereocenters. The van der Waals surface area contributed by atoms with Crippen molar-refractivity contribution in [3.05, 3.63) is 0 Å². The van der Waals surface area contributed by atoms with Gasteiger partial charge in [0, 0.05) is 17.1 Å². The van der Waals surface area contributed by atoms with Gasteiger partial charge in [-0.05, 0) is 19.8 Å². The Bertz CT molecular complexity index is 315. The van der Waals surface area contributed by atoms with Gasteiger partial charge in [0.25, 0.3) is 10.1 Å². The smallest absolute Gasteiger partial charge is 0.268 e. The number of hydrogen-bond acceptors (Lipinski definition) is 4. The highest BCUT2D eigenvalue weighted by molar-refractivity contribution is 8.08. The second-order valence-corrected chi connectivity index (χ2v) is 7.10. The first-order chi connectivity index (χ1) is 7.41. The fourth-order valence-electron chi connectivity index (χ4n) is 1.82. The van der Waals surface area contributed by atoms with E-state index in [4.69, 9.17) is 9.29 Å². The molecule has 1 aliphatic heterocycles. The van der Waals surface area contributed by atoms with E-state index < -0.39 is 15.4 Å². The summed E-state index contributed by atoms with van der Waals surface area (Å²) in [4.78, 5) is 0. The molecule has 1 rings (SSSR count). The summed E-state index contributed by atoms with van der Waals surface area (Å²) in [5, 5.41) is -0.444. The molecule has 0 amide bonds. The minimum Gasteiger partial charge on any atom is -0.377 e. The van der Waals surface area contributed by atoms with Gasteiger partial charge in [-0.2, -0.15) is 8.42 Å². The first-order valence-electron chi connectivity index (χ1n) is 5.65. The lowest BCUT2D eigenvalue weighted by Crippen LogP contribution is -2.30. The molecule has 1 fully saturated rings.